The molecule has 9 nitrogen and oxygen atoms in total. The molecule has 0 saturated carbocycles. The maximum Gasteiger partial charge on any atom is 0.277 e. The standard InChI is InChI=1S/C21H26ClN3O6S/c1-4-6-17(24-19(26)16-12-14(22)9-10-18(16)30-3)13-7-5-8-15(11-13)31-21(20(27)23-2)25-32(28)29/h5,7-12,17,21,25H,4,6H2,1-3H3,(H,23,27)(H,24,26)(H,28,29)/p-1. The largest absolute Gasteiger partial charge is 0.760 e. The highest BCUT2D eigenvalue weighted by Gasteiger charge is 2.21. The summed E-state index contributed by atoms with van der Waals surface area (Å²) in [6.07, 6.45) is -0.0383. The molecule has 11 heteroatoms. The zero-order valence-electron chi connectivity index (χ0n) is 17.8. The average molecular weight is 483 g/mol. The van der Waals surface area contributed by atoms with Crippen LogP contribution in [0, 0.1) is 0 Å². The molecule has 3 atom stereocenters. The van der Waals surface area contributed by atoms with Crippen molar-refractivity contribution in [3.05, 3.63) is 58.6 Å². The van der Waals surface area contributed by atoms with E-state index in [0.29, 0.717) is 22.8 Å². The van der Waals surface area contributed by atoms with Crippen LogP contribution in [0.15, 0.2) is 42.5 Å². The van der Waals surface area contributed by atoms with Crippen LogP contribution < -0.4 is 24.8 Å². The van der Waals surface area contributed by atoms with Crippen LogP contribution in [-0.2, 0) is 16.1 Å². The van der Waals surface area contributed by atoms with Crippen molar-refractivity contribution in [3.8, 4) is 11.5 Å². The van der Waals surface area contributed by atoms with E-state index in [1.54, 1.807) is 36.4 Å². The van der Waals surface area contributed by atoms with Crippen LogP contribution in [0.2, 0.25) is 5.02 Å². The van der Waals surface area contributed by atoms with Crippen LogP contribution in [0.5, 0.6) is 11.5 Å². The van der Waals surface area contributed by atoms with Gasteiger partial charge in [-0.25, -0.2) is 4.72 Å². The summed E-state index contributed by atoms with van der Waals surface area (Å²) in [5.74, 6) is -0.374. The maximum atomic E-state index is 12.9. The number of methoxy groups -OCH3 is 1. The lowest BCUT2D eigenvalue weighted by atomic mass is 10.0. The summed E-state index contributed by atoms with van der Waals surface area (Å²) in [7, 11) is 2.83. The average Bonchev–Trinajstić information content (AvgIpc) is 2.77. The van der Waals surface area contributed by atoms with Gasteiger partial charge in [0, 0.05) is 23.3 Å². The first-order valence-electron chi connectivity index (χ1n) is 9.77. The topological polar surface area (TPSA) is 129 Å². The lowest BCUT2D eigenvalue weighted by Crippen LogP contribution is -2.47. The summed E-state index contributed by atoms with van der Waals surface area (Å²) < 4.78 is 34.7. The normalized spacial score (nSPS) is 13.5. The molecule has 0 spiro atoms. The Morgan fingerprint density at radius 2 is 1.97 bits per heavy atom. The van der Waals surface area contributed by atoms with E-state index in [2.05, 4.69) is 10.6 Å². The van der Waals surface area contributed by atoms with Crippen LogP contribution >= 0.6 is 11.6 Å². The molecule has 0 heterocycles. The van der Waals surface area contributed by atoms with Crippen molar-refractivity contribution in [3.63, 3.8) is 0 Å². The van der Waals surface area contributed by atoms with Gasteiger partial charge in [0.15, 0.2) is 0 Å². The van der Waals surface area contributed by atoms with E-state index >= 15 is 0 Å². The molecule has 2 amide bonds. The third-order valence-corrected chi connectivity index (χ3v) is 5.13. The molecule has 0 aliphatic rings. The van der Waals surface area contributed by atoms with Gasteiger partial charge in [-0.2, -0.15) is 0 Å². The molecular weight excluding hydrogens is 458 g/mol. The summed E-state index contributed by atoms with van der Waals surface area (Å²) in [5.41, 5.74) is 1.02. The van der Waals surface area contributed by atoms with Gasteiger partial charge in [-0.05, 0) is 42.3 Å². The molecule has 32 heavy (non-hydrogen) atoms. The number of carbonyl (C=O) groups excluding carboxylic acids is 2. The molecule has 2 rings (SSSR count). The Labute approximate surface area is 194 Å². The fourth-order valence-corrected chi connectivity index (χ4v) is 3.50. The van der Waals surface area contributed by atoms with Gasteiger partial charge in [0.2, 0.25) is 6.23 Å². The Morgan fingerprint density at radius 3 is 2.59 bits per heavy atom. The lowest BCUT2D eigenvalue weighted by molar-refractivity contribution is -0.128. The number of benzene rings is 2. The summed E-state index contributed by atoms with van der Waals surface area (Å²) in [5, 5.41) is 5.71. The molecule has 0 saturated heterocycles. The van der Waals surface area contributed by atoms with E-state index in [1.807, 2.05) is 11.6 Å². The molecular formula is C21H25ClN3O6S-. The number of halogens is 1. The van der Waals surface area contributed by atoms with Crippen molar-refractivity contribution in [1.82, 2.24) is 15.4 Å². The monoisotopic (exact) mass is 482 g/mol. The molecule has 3 N–H and O–H groups in total. The van der Waals surface area contributed by atoms with E-state index in [1.165, 1.54) is 20.2 Å². The van der Waals surface area contributed by atoms with Gasteiger partial charge in [0.05, 0.1) is 18.7 Å². The quantitative estimate of drug-likeness (QED) is 0.333. The Bertz CT molecular complexity index is 974. The Hall–Kier alpha value is -2.66. The Morgan fingerprint density at radius 1 is 1.22 bits per heavy atom. The molecule has 2 aromatic carbocycles. The zero-order chi connectivity index (χ0) is 23.7. The fraction of sp³-hybridized carbons (Fsp3) is 0.333. The van der Waals surface area contributed by atoms with Crippen molar-refractivity contribution >= 4 is 34.7 Å². The van der Waals surface area contributed by atoms with Crippen LogP contribution in [-0.4, -0.2) is 41.0 Å². The highest BCUT2D eigenvalue weighted by Crippen LogP contribution is 2.27. The van der Waals surface area contributed by atoms with E-state index in [-0.39, 0.29) is 17.7 Å². The Balaban J connectivity index is 2.27. The SMILES string of the molecule is CCCC(NC(=O)c1cc(Cl)ccc1OC)c1cccc(OC(NS(=O)[O-])C(=O)NC)c1. The summed E-state index contributed by atoms with van der Waals surface area (Å²) in [4.78, 5) is 24.8. The van der Waals surface area contributed by atoms with Gasteiger partial charge < -0.3 is 24.7 Å². The summed E-state index contributed by atoms with van der Waals surface area (Å²) in [6.45, 7) is 1.98. The van der Waals surface area contributed by atoms with E-state index in [0.717, 1.165) is 12.0 Å². The molecule has 2 aromatic rings. The number of likely N-dealkylation sites (N-methyl/N-ethyl adjacent to an activating group) is 1. The second kappa shape index (κ2) is 12.4. The molecule has 0 radical (unpaired) electrons. The van der Waals surface area contributed by atoms with Crippen molar-refractivity contribution in [2.24, 2.45) is 0 Å². The number of hydrogen-bond donors (Lipinski definition) is 3. The van der Waals surface area contributed by atoms with Gasteiger partial charge in [0.1, 0.15) is 11.5 Å². The highest BCUT2D eigenvalue weighted by molar-refractivity contribution is 7.77. The van der Waals surface area contributed by atoms with Gasteiger partial charge in [0.25, 0.3) is 11.8 Å². The number of ether oxygens (including phenoxy) is 2. The second-order valence-electron chi connectivity index (χ2n) is 6.70. The van der Waals surface area contributed by atoms with Gasteiger partial charge in [-0.15, -0.1) is 0 Å². The minimum Gasteiger partial charge on any atom is -0.760 e. The first-order valence-corrected chi connectivity index (χ1v) is 11.2. The van der Waals surface area contributed by atoms with Crippen molar-refractivity contribution in [1.29, 1.82) is 0 Å². The number of nitrogens with one attached hydrogen (secondary N) is 3. The molecule has 0 aliphatic carbocycles. The number of rotatable bonds is 11. The predicted octanol–water partition coefficient (Wildman–Crippen LogP) is 2.45. The third kappa shape index (κ3) is 7.20. The fourth-order valence-electron chi connectivity index (χ4n) is 2.99. The molecule has 3 unspecified atom stereocenters. The van der Waals surface area contributed by atoms with Crippen LogP contribution in [0.3, 0.4) is 0 Å². The summed E-state index contributed by atoms with van der Waals surface area (Å²) in [6, 6.07) is 11.1. The molecule has 174 valence electrons. The van der Waals surface area contributed by atoms with Crippen LogP contribution in [0.25, 0.3) is 0 Å². The lowest BCUT2D eigenvalue weighted by Gasteiger charge is -2.22. The maximum absolute atomic E-state index is 12.9. The third-order valence-electron chi connectivity index (χ3n) is 4.49. The highest BCUT2D eigenvalue weighted by atomic mass is 35.5. The summed E-state index contributed by atoms with van der Waals surface area (Å²) >= 11 is 3.33. The molecule has 0 aromatic heterocycles. The van der Waals surface area contributed by atoms with Gasteiger partial charge in [-0.3, -0.25) is 13.8 Å². The van der Waals surface area contributed by atoms with Crippen LogP contribution in [0.1, 0.15) is 41.7 Å². The smallest absolute Gasteiger partial charge is 0.277 e. The molecule has 0 aliphatic heterocycles. The minimum absolute atomic E-state index is 0.254. The van der Waals surface area contributed by atoms with Gasteiger partial charge >= 0.3 is 0 Å². The number of hydrogen-bond acceptors (Lipinski definition) is 6. The first-order chi connectivity index (χ1) is 15.3. The van der Waals surface area contributed by atoms with Crippen molar-refractivity contribution < 1.29 is 27.8 Å². The van der Waals surface area contributed by atoms with E-state index < -0.39 is 23.4 Å². The zero-order valence-corrected chi connectivity index (χ0v) is 19.4. The van der Waals surface area contributed by atoms with Crippen molar-refractivity contribution in [2.75, 3.05) is 14.2 Å². The van der Waals surface area contributed by atoms with E-state index in [9.17, 15) is 18.4 Å². The minimum atomic E-state index is -2.71. The predicted molar refractivity (Wildman–Crippen MR) is 120 cm³/mol. The van der Waals surface area contributed by atoms with Crippen molar-refractivity contribution in [2.45, 2.75) is 32.0 Å². The Kier molecular flexibility index (Phi) is 9.92. The van der Waals surface area contributed by atoms with E-state index in [4.69, 9.17) is 21.1 Å². The number of carbonyl (C=O) groups is 2. The molecule has 0 fully saturated rings. The number of amides is 2. The van der Waals surface area contributed by atoms with Gasteiger partial charge in [-0.1, -0.05) is 37.1 Å². The first kappa shape index (κ1) is 25.6. The molecule has 0 bridgehead atoms. The second-order valence-corrected chi connectivity index (χ2v) is 7.84. The van der Waals surface area contributed by atoms with Crippen LogP contribution in [0.4, 0.5) is 0 Å².